The average molecular weight is 311 g/mol. The van der Waals surface area contributed by atoms with Crippen LogP contribution in [-0.4, -0.2) is 32.3 Å². The lowest BCUT2D eigenvalue weighted by Crippen LogP contribution is -2.38. The number of fused-ring (bicyclic) bond motifs is 1. The van der Waals surface area contributed by atoms with Crippen molar-refractivity contribution < 1.29 is 4.39 Å². The molecule has 23 heavy (non-hydrogen) atoms. The Bertz CT molecular complexity index is 844. The summed E-state index contributed by atoms with van der Waals surface area (Å²) in [7, 11) is 0. The zero-order chi connectivity index (χ0) is 15.8. The van der Waals surface area contributed by atoms with E-state index in [0.717, 1.165) is 30.6 Å². The Hall–Kier alpha value is -2.50. The molecule has 1 atom stereocenters. The maximum absolute atomic E-state index is 14.1. The van der Waals surface area contributed by atoms with Gasteiger partial charge in [0.2, 0.25) is 0 Å². The molecular formula is C17H18FN5. The summed E-state index contributed by atoms with van der Waals surface area (Å²) < 4.78 is 15.6. The Balaban J connectivity index is 1.85. The smallest absolute Gasteiger partial charge is 0.168 e. The lowest BCUT2D eigenvalue weighted by Gasteiger charge is -2.34. The number of anilines is 1. The van der Waals surface area contributed by atoms with Crippen molar-refractivity contribution in [2.24, 2.45) is 0 Å². The number of hydrogen-bond acceptors (Lipinski definition) is 4. The predicted octanol–water partition coefficient (Wildman–Crippen LogP) is 3.33. The zero-order valence-electron chi connectivity index (χ0n) is 13.0. The number of rotatable bonds is 2. The van der Waals surface area contributed by atoms with E-state index < -0.39 is 0 Å². The van der Waals surface area contributed by atoms with E-state index in [1.165, 1.54) is 18.8 Å². The molecule has 6 heteroatoms. The quantitative estimate of drug-likeness (QED) is 0.728. The van der Waals surface area contributed by atoms with Crippen LogP contribution in [0.3, 0.4) is 0 Å². The minimum Gasteiger partial charge on any atom is -0.353 e. The highest BCUT2D eigenvalue weighted by Crippen LogP contribution is 2.29. The number of aromatic nitrogens is 4. The highest BCUT2D eigenvalue weighted by atomic mass is 19.1. The van der Waals surface area contributed by atoms with Crippen LogP contribution in [0.5, 0.6) is 0 Å². The van der Waals surface area contributed by atoms with Gasteiger partial charge in [-0.1, -0.05) is 12.1 Å². The molecular weight excluding hydrogens is 293 g/mol. The van der Waals surface area contributed by atoms with Crippen molar-refractivity contribution in [2.75, 3.05) is 11.4 Å². The molecule has 1 unspecified atom stereocenters. The van der Waals surface area contributed by atoms with E-state index in [4.69, 9.17) is 0 Å². The van der Waals surface area contributed by atoms with E-state index in [1.54, 1.807) is 29.1 Å². The van der Waals surface area contributed by atoms with Gasteiger partial charge < -0.3 is 4.90 Å². The fourth-order valence-corrected chi connectivity index (χ4v) is 3.27. The second-order valence-corrected chi connectivity index (χ2v) is 5.98. The summed E-state index contributed by atoms with van der Waals surface area (Å²) in [6.45, 7) is 3.20. The molecule has 3 heterocycles. The molecule has 5 nitrogen and oxygen atoms in total. The van der Waals surface area contributed by atoms with Gasteiger partial charge in [-0.15, -0.1) is 0 Å². The van der Waals surface area contributed by atoms with Gasteiger partial charge in [-0.05, 0) is 38.3 Å². The lowest BCUT2D eigenvalue weighted by atomic mass is 10.0. The molecule has 0 amide bonds. The van der Waals surface area contributed by atoms with Gasteiger partial charge in [0, 0.05) is 12.6 Å². The minimum absolute atomic E-state index is 0.316. The van der Waals surface area contributed by atoms with Crippen molar-refractivity contribution >= 4 is 16.9 Å². The van der Waals surface area contributed by atoms with Gasteiger partial charge in [0.1, 0.15) is 23.6 Å². The Morgan fingerprint density at radius 3 is 2.87 bits per heavy atom. The summed E-state index contributed by atoms with van der Waals surface area (Å²) in [5, 5.41) is 5.22. The molecule has 0 saturated carbocycles. The van der Waals surface area contributed by atoms with Crippen LogP contribution in [0.1, 0.15) is 26.2 Å². The molecule has 2 aromatic heterocycles. The van der Waals surface area contributed by atoms with Crippen molar-refractivity contribution in [3.8, 4) is 5.69 Å². The van der Waals surface area contributed by atoms with Crippen LogP contribution in [0.25, 0.3) is 16.7 Å². The number of para-hydroxylation sites is 1. The molecule has 0 N–H and O–H groups in total. The Kier molecular flexibility index (Phi) is 3.44. The lowest BCUT2D eigenvalue weighted by molar-refractivity contribution is 0.482. The van der Waals surface area contributed by atoms with Crippen LogP contribution in [0, 0.1) is 5.82 Å². The van der Waals surface area contributed by atoms with Crippen molar-refractivity contribution in [3.63, 3.8) is 0 Å². The van der Waals surface area contributed by atoms with E-state index in [-0.39, 0.29) is 5.82 Å². The molecule has 1 aliphatic rings. The van der Waals surface area contributed by atoms with Gasteiger partial charge in [-0.3, -0.25) is 0 Å². The van der Waals surface area contributed by atoms with Crippen molar-refractivity contribution in [1.29, 1.82) is 0 Å². The van der Waals surface area contributed by atoms with Gasteiger partial charge >= 0.3 is 0 Å². The second kappa shape index (κ2) is 5.61. The Morgan fingerprint density at radius 1 is 1.17 bits per heavy atom. The van der Waals surface area contributed by atoms with E-state index in [0.29, 0.717) is 17.4 Å². The van der Waals surface area contributed by atoms with Gasteiger partial charge in [0.25, 0.3) is 0 Å². The molecule has 1 saturated heterocycles. The monoisotopic (exact) mass is 311 g/mol. The van der Waals surface area contributed by atoms with E-state index >= 15 is 0 Å². The molecule has 3 aromatic rings. The Morgan fingerprint density at radius 2 is 2.04 bits per heavy atom. The van der Waals surface area contributed by atoms with Gasteiger partial charge in [0.05, 0.1) is 11.6 Å². The third kappa shape index (κ3) is 2.34. The van der Waals surface area contributed by atoms with Gasteiger partial charge in [-0.25, -0.2) is 19.0 Å². The van der Waals surface area contributed by atoms with Crippen LogP contribution in [0.2, 0.25) is 0 Å². The fourth-order valence-electron chi connectivity index (χ4n) is 3.27. The van der Waals surface area contributed by atoms with E-state index in [9.17, 15) is 4.39 Å². The molecule has 118 valence electrons. The highest BCUT2D eigenvalue weighted by Gasteiger charge is 2.23. The third-order valence-corrected chi connectivity index (χ3v) is 4.50. The predicted molar refractivity (Wildman–Crippen MR) is 87.3 cm³/mol. The van der Waals surface area contributed by atoms with Gasteiger partial charge in [0.15, 0.2) is 5.65 Å². The first-order chi connectivity index (χ1) is 11.3. The number of halogens is 1. The van der Waals surface area contributed by atoms with Crippen LogP contribution in [-0.2, 0) is 0 Å². The largest absolute Gasteiger partial charge is 0.353 e. The highest BCUT2D eigenvalue weighted by molar-refractivity contribution is 5.87. The minimum atomic E-state index is -0.316. The topological polar surface area (TPSA) is 46.8 Å². The number of nitrogens with zero attached hydrogens (tertiary/aromatic N) is 5. The van der Waals surface area contributed by atoms with Gasteiger partial charge in [-0.2, -0.15) is 5.10 Å². The first kappa shape index (κ1) is 14.1. The van der Waals surface area contributed by atoms with Crippen molar-refractivity contribution in [2.45, 2.75) is 32.2 Å². The summed E-state index contributed by atoms with van der Waals surface area (Å²) in [5.41, 5.74) is 1.04. The maximum Gasteiger partial charge on any atom is 0.168 e. The molecule has 0 radical (unpaired) electrons. The van der Waals surface area contributed by atoms with E-state index in [1.807, 2.05) is 0 Å². The summed E-state index contributed by atoms with van der Waals surface area (Å²) in [6.07, 6.45) is 6.85. The number of hydrogen-bond donors (Lipinski definition) is 0. The SMILES string of the molecule is CC1CCCCN1c1ncnc2c1cnn2-c1ccccc1F. The standard InChI is InChI=1S/C17H18FN5/c1-12-6-4-5-9-22(12)16-13-10-21-23(17(13)20-11-19-16)15-8-3-2-7-14(15)18/h2-3,7-8,10-12H,4-6,9H2,1H3. The molecule has 0 aliphatic carbocycles. The van der Waals surface area contributed by atoms with Crippen LogP contribution in [0.15, 0.2) is 36.8 Å². The maximum atomic E-state index is 14.1. The van der Waals surface area contributed by atoms with Crippen LogP contribution >= 0.6 is 0 Å². The second-order valence-electron chi connectivity index (χ2n) is 5.98. The fraction of sp³-hybridized carbons (Fsp3) is 0.353. The van der Waals surface area contributed by atoms with Crippen molar-refractivity contribution in [1.82, 2.24) is 19.7 Å². The van der Waals surface area contributed by atoms with Crippen molar-refractivity contribution in [3.05, 3.63) is 42.6 Å². The van der Waals surface area contributed by atoms with E-state index in [2.05, 4.69) is 26.9 Å². The summed E-state index contributed by atoms with van der Waals surface area (Å²) in [5.74, 6) is 0.578. The summed E-state index contributed by atoms with van der Waals surface area (Å²) in [4.78, 5) is 11.1. The number of benzene rings is 1. The third-order valence-electron chi connectivity index (χ3n) is 4.50. The number of piperidine rings is 1. The Labute approximate surface area is 133 Å². The first-order valence-corrected chi connectivity index (χ1v) is 7.96. The van der Waals surface area contributed by atoms with Crippen LogP contribution in [0.4, 0.5) is 10.2 Å². The molecule has 0 spiro atoms. The van der Waals surface area contributed by atoms with Crippen LogP contribution < -0.4 is 4.90 Å². The molecule has 1 fully saturated rings. The first-order valence-electron chi connectivity index (χ1n) is 7.96. The molecule has 1 aliphatic heterocycles. The molecule has 0 bridgehead atoms. The summed E-state index contributed by atoms with van der Waals surface area (Å²) >= 11 is 0. The molecule has 4 rings (SSSR count). The molecule has 1 aromatic carbocycles. The normalized spacial score (nSPS) is 18.5. The summed E-state index contributed by atoms with van der Waals surface area (Å²) in [6, 6.07) is 7.03. The zero-order valence-corrected chi connectivity index (χ0v) is 13.0. The average Bonchev–Trinajstić information content (AvgIpc) is 3.00.